The Kier molecular flexibility index (Phi) is 4.50. The molecule has 0 bridgehead atoms. The molecule has 0 aliphatic heterocycles. The molecule has 1 aromatic heterocycles. The second kappa shape index (κ2) is 6.12. The molecule has 1 unspecified atom stereocenters. The minimum Gasteiger partial charge on any atom is -0.496 e. The van der Waals surface area contributed by atoms with Crippen molar-refractivity contribution < 1.29 is 13.5 Å². The van der Waals surface area contributed by atoms with Gasteiger partial charge in [0.05, 0.1) is 18.0 Å². The van der Waals surface area contributed by atoms with Gasteiger partial charge in [0.15, 0.2) is 0 Å². The zero-order valence-electron chi connectivity index (χ0n) is 10.7. The van der Waals surface area contributed by atoms with Crippen molar-refractivity contribution in [1.82, 2.24) is 5.32 Å². The lowest BCUT2D eigenvalue weighted by atomic mass is 10.0. The zero-order valence-corrected chi connectivity index (χ0v) is 11.6. The van der Waals surface area contributed by atoms with Gasteiger partial charge in [0.25, 0.3) is 0 Å². The minimum absolute atomic E-state index is 0.294. The number of methoxy groups -OCH3 is 1. The summed E-state index contributed by atoms with van der Waals surface area (Å²) in [5.41, 5.74) is 0.294. The Morgan fingerprint density at radius 2 is 2.11 bits per heavy atom. The van der Waals surface area contributed by atoms with Crippen LogP contribution in [0.2, 0.25) is 0 Å². The number of thiophene rings is 1. The number of ether oxygens (including phenoxy) is 1. The van der Waals surface area contributed by atoms with Crippen LogP contribution < -0.4 is 10.1 Å². The van der Waals surface area contributed by atoms with Gasteiger partial charge in [-0.3, -0.25) is 0 Å². The van der Waals surface area contributed by atoms with E-state index in [-0.39, 0.29) is 0 Å². The van der Waals surface area contributed by atoms with Gasteiger partial charge in [-0.25, -0.2) is 8.78 Å². The molecule has 5 heteroatoms. The first kappa shape index (κ1) is 14.0. The molecular weight excluding hydrogens is 268 g/mol. The molecule has 1 heterocycles. The predicted octanol–water partition coefficient (Wildman–Crippen LogP) is 3.73. The summed E-state index contributed by atoms with van der Waals surface area (Å²) < 4.78 is 32.5. The molecule has 2 aromatic rings. The van der Waals surface area contributed by atoms with Crippen LogP contribution in [-0.2, 0) is 0 Å². The average molecular weight is 283 g/mol. The summed E-state index contributed by atoms with van der Waals surface area (Å²) in [7, 11) is 1.57. The number of hydrogen-bond acceptors (Lipinski definition) is 3. The molecule has 0 saturated carbocycles. The van der Waals surface area contributed by atoms with Crippen LogP contribution in [0.5, 0.6) is 5.75 Å². The first-order valence-electron chi connectivity index (χ1n) is 5.97. The van der Waals surface area contributed by atoms with Crippen molar-refractivity contribution in [2.45, 2.75) is 13.0 Å². The molecule has 0 radical (unpaired) electrons. The number of halogens is 2. The summed E-state index contributed by atoms with van der Waals surface area (Å²) in [6.45, 7) is 2.56. The Balaban J connectivity index is 2.48. The van der Waals surface area contributed by atoms with E-state index in [0.29, 0.717) is 17.9 Å². The highest BCUT2D eigenvalue weighted by Crippen LogP contribution is 2.35. The number of nitrogens with one attached hydrogen (secondary N) is 1. The second-order valence-corrected chi connectivity index (χ2v) is 4.96. The monoisotopic (exact) mass is 283 g/mol. The summed E-state index contributed by atoms with van der Waals surface area (Å²) in [5, 5.41) is 5.04. The average Bonchev–Trinajstić information content (AvgIpc) is 2.87. The summed E-state index contributed by atoms with van der Waals surface area (Å²) in [6, 6.07) is 4.90. The fourth-order valence-electron chi connectivity index (χ4n) is 1.97. The lowest BCUT2D eigenvalue weighted by molar-refractivity contribution is 0.407. The van der Waals surface area contributed by atoms with Gasteiger partial charge in [0.1, 0.15) is 17.4 Å². The molecule has 2 rings (SSSR count). The van der Waals surface area contributed by atoms with Gasteiger partial charge < -0.3 is 10.1 Å². The topological polar surface area (TPSA) is 21.3 Å². The largest absolute Gasteiger partial charge is 0.496 e. The molecule has 0 aliphatic carbocycles. The number of hydrogen-bond donors (Lipinski definition) is 1. The Hall–Kier alpha value is -1.46. The Morgan fingerprint density at radius 1 is 1.32 bits per heavy atom. The third kappa shape index (κ3) is 2.93. The van der Waals surface area contributed by atoms with Crippen LogP contribution in [0.1, 0.15) is 23.4 Å². The smallest absolute Gasteiger partial charge is 0.134 e. The first-order valence-corrected chi connectivity index (χ1v) is 6.85. The molecular formula is C14H15F2NOS. The molecule has 102 valence electrons. The van der Waals surface area contributed by atoms with E-state index in [1.807, 2.05) is 18.4 Å². The summed E-state index contributed by atoms with van der Waals surface area (Å²) in [6.07, 6.45) is 0. The number of rotatable bonds is 5. The van der Waals surface area contributed by atoms with Crippen molar-refractivity contribution in [2.24, 2.45) is 0 Å². The van der Waals surface area contributed by atoms with Crippen LogP contribution in [0.4, 0.5) is 8.78 Å². The quantitative estimate of drug-likeness (QED) is 0.902. The van der Waals surface area contributed by atoms with E-state index in [1.54, 1.807) is 7.11 Å². The first-order chi connectivity index (χ1) is 9.17. The van der Waals surface area contributed by atoms with Gasteiger partial charge in [-0.2, -0.15) is 0 Å². The third-order valence-electron chi connectivity index (χ3n) is 2.82. The maximum atomic E-state index is 13.9. The molecule has 0 saturated heterocycles. The van der Waals surface area contributed by atoms with E-state index in [9.17, 15) is 8.78 Å². The molecule has 0 spiro atoms. The van der Waals surface area contributed by atoms with Crippen LogP contribution in [-0.4, -0.2) is 13.7 Å². The molecule has 0 aliphatic rings. The van der Waals surface area contributed by atoms with Gasteiger partial charge in [-0.1, -0.05) is 6.92 Å². The maximum Gasteiger partial charge on any atom is 0.134 e. The Morgan fingerprint density at radius 3 is 2.79 bits per heavy atom. The van der Waals surface area contributed by atoms with E-state index in [1.165, 1.54) is 17.4 Å². The Bertz CT molecular complexity index is 556. The second-order valence-electron chi connectivity index (χ2n) is 4.01. The summed E-state index contributed by atoms with van der Waals surface area (Å²) >= 11 is 1.45. The fourth-order valence-corrected chi connectivity index (χ4v) is 2.92. The van der Waals surface area contributed by atoms with Crippen molar-refractivity contribution in [1.29, 1.82) is 0 Å². The zero-order chi connectivity index (χ0) is 13.8. The summed E-state index contributed by atoms with van der Waals surface area (Å²) in [4.78, 5) is 0.842. The summed E-state index contributed by atoms with van der Waals surface area (Å²) in [5.74, 6) is -0.197. The number of benzene rings is 1. The van der Waals surface area contributed by atoms with E-state index in [0.717, 1.165) is 17.0 Å². The van der Waals surface area contributed by atoms with E-state index < -0.39 is 17.7 Å². The van der Waals surface area contributed by atoms with Crippen molar-refractivity contribution in [3.8, 4) is 5.75 Å². The van der Waals surface area contributed by atoms with Crippen molar-refractivity contribution in [3.63, 3.8) is 0 Å². The van der Waals surface area contributed by atoms with Gasteiger partial charge in [-0.15, -0.1) is 11.3 Å². The highest BCUT2D eigenvalue weighted by atomic mass is 32.1. The van der Waals surface area contributed by atoms with Crippen molar-refractivity contribution in [3.05, 3.63) is 51.7 Å². The van der Waals surface area contributed by atoms with Crippen LogP contribution in [0.3, 0.4) is 0 Å². The van der Waals surface area contributed by atoms with Gasteiger partial charge >= 0.3 is 0 Å². The normalized spacial score (nSPS) is 12.4. The van der Waals surface area contributed by atoms with Gasteiger partial charge in [-0.05, 0) is 36.2 Å². The van der Waals surface area contributed by atoms with Crippen LogP contribution in [0, 0.1) is 11.6 Å². The molecule has 1 N–H and O–H groups in total. The van der Waals surface area contributed by atoms with E-state index in [4.69, 9.17) is 4.74 Å². The van der Waals surface area contributed by atoms with E-state index in [2.05, 4.69) is 5.32 Å². The van der Waals surface area contributed by atoms with Gasteiger partial charge in [0, 0.05) is 5.56 Å². The molecule has 0 amide bonds. The van der Waals surface area contributed by atoms with Crippen LogP contribution in [0.25, 0.3) is 0 Å². The molecule has 1 aromatic carbocycles. The SMILES string of the molecule is CCNC(c1cc(F)ccc1F)c1sccc1OC. The van der Waals surface area contributed by atoms with Crippen molar-refractivity contribution >= 4 is 11.3 Å². The standard InChI is InChI=1S/C14H15F2NOS/c1-3-17-13(14-12(18-2)6-7-19-14)10-8-9(15)4-5-11(10)16/h4-8,13,17H,3H2,1-2H3. The Labute approximate surface area is 115 Å². The predicted molar refractivity (Wildman–Crippen MR) is 72.7 cm³/mol. The van der Waals surface area contributed by atoms with Crippen LogP contribution >= 0.6 is 11.3 Å². The molecule has 1 atom stereocenters. The molecule has 0 fully saturated rings. The maximum absolute atomic E-state index is 13.9. The van der Waals surface area contributed by atoms with E-state index >= 15 is 0 Å². The lowest BCUT2D eigenvalue weighted by Crippen LogP contribution is -2.22. The fraction of sp³-hybridized carbons (Fsp3) is 0.286. The highest BCUT2D eigenvalue weighted by Gasteiger charge is 2.22. The molecule has 19 heavy (non-hydrogen) atoms. The molecule has 2 nitrogen and oxygen atoms in total. The highest BCUT2D eigenvalue weighted by molar-refractivity contribution is 7.10. The minimum atomic E-state index is -0.449. The van der Waals surface area contributed by atoms with Crippen LogP contribution in [0.15, 0.2) is 29.6 Å². The lowest BCUT2D eigenvalue weighted by Gasteiger charge is -2.19. The van der Waals surface area contributed by atoms with Crippen molar-refractivity contribution in [2.75, 3.05) is 13.7 Å². The third-order valence-corrected chi connectivity index (χ3v) is 3.78. The van der Waals surface area contributed by atoms with Gasteiger partial charge in [0.2, 0.25) is 0 Å².